The van der Waals surface area contributed by atoms with E-state index in [-0.39, 0.29) is 17.4 Å². The van der Waals surface area contributed by atoms with E-state index in [9.17, 15) is 15.0 Å². The second-order valence-corrected chi connectivity index (χ2v) is 6.72. The maximum atomic E-state index is 12.7. The molecule has 5 heteroatoms. The molecule has 0 saturated heterocycles. The van der Waals surface area contributed by atoms with E-state index in [4.69, 9.17) is 4.42 Å². The van der Waals surface area contributed by atoms with Gasteiger partial charge in [-0.25, -0.2) is 0 Å². The maximum Gasteiger partial charge on any atom is 0.255 e. The Kier molecular flexibility index (Phi) is 4.79. The van der Waals surface area contributed by atoms with Crippen LogP contribution in [0.1, 0.15) is 16.1 Å². The average molecular weight is 385 g/mol. The fourth-order valence-electron chi connectivity index (χ4n) is 3.10. The van der Waals surface area contributed by atoms with Crippen molar-refractivity contribution in [2.75, 3.05) is 5.32 Å². The minimum Gasteiger partial charge on any atom is -0.508 e. The van der Waals surface area contributed by atoms with E-state index in [0.29, 0.717) is 22.4 Å². The molecule has 4 rings (SSSR count). The number of anilines is 1. The van der Waals surface area contributed by atoms with Gasteiger partial charge in [0.2, 0.25) is 0 Å². The zero-order valence-electron chi connectivity index (χ0n) is 15.7. The number of aryl methyl sites for hydroxylation is 1. The highest BCUT2D eigenvalue weighted by Gasteiger charge is 2.11. The van der Waals surface area contributed by atoms with Crippen LogP contribution in [0.2, 0.25) is 0 Å². The molecular weight excluding hydrogens is 366 g/mol. The Morgan fingerprint density at radius 2 is 1.66 bits per heavy atom. The van der Waals surface area contributed by atoms with E-state index in [2.05, 4.69) is 5.32 Å². The number of carbonyl (C=O) groups is 1. The summed E-state index contributed by atoms with van der Waals surface area (Å²) >= 11 is 0. The van der Waals surface area contributed by atoms with Gasteiger partial charge in [0.15, 0.2) is 0 Å². The van der Waals surface area contributed by atoms with Gasteiger partial charge >= 0.3 is 0 Å². The first-order valence-corrected chi connectivity index (χ1v) is 9.10. The van der Waals surface area contributed by atoms with Crippen molar-refractivity contribution < 1.29 is 19.4 Å². The smallest absolute Gasteiger partial charge is 0.255 e. The second-order valence-electron chi connectivity index (χ2n) is 6.72. The summed E-state index contributed by atoms with van der Waals surface area (Å²) in [5, 5.41) is 22.4. The predicted molar refractivity (Wildman–Crippen MR) is 112 cm³/mol. The van der Waals surface area contributed by atoms with Gasteiger partial charge < -0.3 is 19.9 Å². The van der Waals surface area contributed by atoms with Crippen LogP contribution >= 0.6 is 0 Å². The van der Waals surface area contributed by atoms with Crippen molar-refractivity contribution in [3.05, 3.63) is 90.2 Å². The van der Waals surface area contributed by atoms with E-state index >= 15 is 0 Å². The number of aromatic hydroxyl groups is 2. The number of furan rings is 1. The van der Waals surface area contributed by atoms with Crippen molar-refractivity contribution in [2.24, 2.45) is 0 Å². The van der Waals surface area contributed by atoms with Gasteiger partial charge in [-0.2, -0.15) is 0 Å². The molecule has 0 bridgehead atoms. The number of hydrogen-bond donors (Lipinski definition) is 3. The van der Waals surface area contributed by atoms with Crippen molar-refractivity contribution in [1.29, 1.82) is 0 Å². The summed E-state index contributed by atoms with van der Waals surface area (Å²) in [6.07, 6.45) is 0. The number of nitrogens with one attached hydrogen (secondary N) is 1. The lowest BCUT2D eigenvalue weighted by atomic mass is 10.0. The second kappa shape index (κ2) is 7.56. The van der Waals surface area contributed by atoms with Gasteiger partial charge in [-0.3, -0.25) is 4.79 Å². The molecular formula is C24H19NO4. The third kappa shape index (κ3) is 3.99. The Morgan fingerprint density at radius 1 is 0.862 bits per heavy atom. The standard InChI is InChI=1S/C24H19NO4/c1-15-5-12-23(29-15)16-6-8-19(9-7-16)25-24(28)18-4-2-3-17(13-18)21-11-10-20(26)14-22(21)27/h2-14,26-27H,1H3,(H,25,28). The van der Waals surface area contributed by atoms with Gasteiger partial charge in [0, 0.05) is 28.4 Å². The van der Waals surface area contributed by atoms with Gasteiger partial charge in [-0.15, -0.1) is 0 Å². The van der Waals surface area contributed by atoms with Gasteiger partial charge in [-0.1, -0.05) is 12.1 Å². The molecule has 1 heterocycles. The lowest BCUT2D eigenvalue weighted by molar-refractivity contribution is 0.102. The van der Waals surface area contributed by atoms with E-state index in [1.54, 1.807) is 30.3 Å². The number of amides is 1. The molecule has 0 spiro atoms. The summed E-state index contributed by atoms with van der Waals surface area (Å²) in [5.41, 5.74) is 3.27. The molecule has 3 N–H and O–H groups in total. The fraction of sp³-hybridized carbons (Fsp3) is 0.0417. The van der Waals surface area contributed by atoms with E-state index in [1.807, 2.05) is 43.3 Å². The molecule has 0 aliphatic carbocycles. The van der Waals surface area contributed by atoms with Gasteiger partial charge in [0.1, 0.15) is 23.0 Å². The Bertz CT molecular complexity index is 1180. The highest BCUT2D eigenvalue weighted by atomic mass is 16.3. The Morgan fingerprint density at radius 3 is 2.34 bits per heavy atom. The first kappa shape index (κ1) is 18.4. The monoisotopic (exact) mass is 385 g/mol. The molecule has 0 aliphatic heterocycles. The molecule has 0 atom stereocenters. The quantitative estimate of drug-likeness (QED) is 0.428. The van der Waals surface area contributed by atoms with Crippen LogP contribution < -0.4 is 5.32 Å². The van der Waals surface area contributed by atoms with Crippen LogP contribution in [-0.4, -0.2) is 16.1 Å². The average Bonchev–Trinajstić information content (AvgIpc) is 3.15. The summed E-state index contributed by atoms with van der Waals surface area (Å²) in [6.45, 7) is 1.89. The first-order valence-electron chi connectivity index (χ1n) is 9.10. The van der Waals surface area contributed by atoms with Crippen molar-refractivity contribution in [3.63, 3.8) is 0 Å². The number of hydrogen-bond acceptors (Lipinski definition) is 4. The van der Waals surface area contributed by atoms with Crippen molar-refractivity contribution >= 4 is 11.6 Å². The van der Waals surface area contributed by atoms with Crippen LogP contribution in [-0.2, 0) is 0 Å². The van der Waals surface area contributed by atoms with E-state index < -0.39 is 0 Å². The Labute approximate surface area is 167 Å². The molecule has 29 heavy (non-hydrogen) atoms. The normalized spacial score (nSPS) is 10.7. The number of rotatable bonds is 4. The molecule has 0 radical (unpaired) electrons. The Balaban J connectivity index is 1.53. The molecule has 3 aromatic carbocycles. The van der Waals surface area contributed by atoms with Gasteiger partial charge in [0.05, 0.1) is 0 Å². The minimum absolute atomic E-state index is 0.0201. The minimum atomic E-state index is -0.258. The van der Waals surface area contributed by atoms with Gasteiger partial charge in [-0.05, 0) is 73.2 Å². The Hall–Kier alpha value is -3.99. The van der Waals surface area contributed by atoms with Crippen LogP contribution in [0.25, 0.3) is 22.5 Å². The van der Waals surface area contributed by atoms with Gasteiger partial charge in [0.25, 0.3) is 5.91 Å². The summed E-state index contributed by atoms with van der Waals surface area (Å²) < 4.78 is 5.61. The third-order valence-corrected chi connectivity index (χ3v) is 4.58. The van der Waals surface area contributed by atoms with Crippen LogP contribution in [0.4, 0.5) is 5.69 Å². The first-order chi connectivity index (χ1) is 14.0. The van der Waals surface area contributed by atoms with Crippen LogP contribution in [0.3, 0.4) is 0 Å². The van der Waals surface area contributed by atoms with E-state index in [0.717, 1.165) is 17.1 Å². The molecule has 144 valence electrons. The van der Waals surface area contributed by atoms with Crippen molar-refractivity contribution in [1.82, 2.24) is 0 Å². The topological polar surface area (TPSA) is 82.7 Å². The fourth-order valence-corrected chi connectivity index (χ4v) is 3.10. The summed E-state index contributed by atoms with van der Waals surface area (Å²) in [7, 11) is 0. The molecule has 1 aromatic heterocycles. The van der Waals surface area contributed by atoms with Crippen LogP contribution in [0.5, 0.6) is 11.5 Å². The lowest BCUT2D eigenvalue weighted by Crippen LogP contribution is -2.11. The SMILES string of the molecule is Cc1ccc(-c2ccc(NC(=O)c3cccc(-c4ccc(O)cc4O)c3)cc2)o1. The number of carbonyl (C=O) groups excluding carboxylic acids is 1. The number of phenols is 2. The highest BCUT2D eigenvalue weighted by Crippen LogP contribution is 2.32. The molecule has 4 aromatic rings. The zero-order chi connectivity index (χ0) is 20.4. The molecule has 1 amide bonds. The maximum absolute atomic E-state index is 12.7. The molecule has 0 fully saturated rings. The number of phenolic OH excluding ortho intramolecular Hbond substituents is 2. The highest BCUT2D eigenvalue weighted by molar-refractivity contribution is 6.05. The lowest BCUT2D eigenvalue weighted by Gasteiger charge is -2.09. The zero-order valence-corrected chi connectivity index (χ0v) is 15.7. The molecule has 0 aliphatic rings. The summed E-state index contributed by atoms with van der Waals surface area (Å²) in [6, 6.07) is 22.5. The third-order valence-electron chi connectivity index (χ3n) is 4.58. The summed E-state index contributed by atoms with van der Waals surface area (Å²) in [5.74, 6) is 1.30. The summed E-state index contributed by atoms with van der Waals surface area (Å²) in [4.78, 5) is 12.7. The molecule has 0 saturated carbocycles. The van der Waals surface area contributed by atoms with Crippen LogP contribution in [0.15, 0.2) is 83.3 Å². The molecule has 0 unspecified atom stereocenters. The van der Waals surface area contributed by atoms with Crippen molar-refractivity contribution in [3.8, 4) is 33.9 Å². The number of benzene rings is 3. The van der Waals surface area contributed by atoms with E-state index in [1.165, 1.54) is 12.1 Å². The predicted octanol–water partition coefficient (Wildman–Crippen LogP) is 5.59. The largest absolute Gasteiger partial charge is 0.508 e. The molecule has 5 nitrogen and oxygen atoms in total. The van der Waals surface area contributed by atoms with Crippen LogP contribution in [0, 0.1) is 6.92 Å². The van der Waals surface area contributed by atoms with Crippen molar-refractivity contribution in [2.45, 2.75) is 6.92 Å².